The van der Waals surface area contributed by atoms with Crippen molar-refractivity contribution in [3.05, 3.63) is 77.1 Å². The molecule has 3 atom stereocenters. The molecule has 0 aliphatic carbocycles. The zero-order valence-electron chi connectivity index (χ0n) is 19.9. The van der Waals surface area contributed by atoms with E-state index < -0.39 is 12.1 Å². The number of carbonyl (C=O) groups excluding carboxylic acids is 2. The third-order valence-electron chi connectivity index (χ3n) is 7.02. The van der Waals surface area contributed by atoms with Gasteiger partial charge in [-0.15, -0.1) is 12.4 Å². The summed E-state index contributed by atoms with van der Waals surface area (Å²) in [6.07, 6.45) is 4.87. The van der Waals surface area contributed by atoms with E-state index in [1.807, 2.05) is 30.0 Å². The number of hydrogen-bond acceptors (Lipinski definition) is 4. The quantitative estimate of drug-likeness (QED) is 0.336. The highest BCUT2D eigenvalue weighted by atomic mass is 35.5. The van der Waals surface area contributed by atoms with E-state index in [-0.39, 0.29) is 30.1 Å². The molecule has 0 spiro atoms. The van der Waals surface area contributed by atoms with Gasteiger partial charge in [0.2, 0.25) is 11.8 Å². The topological polar surface area (TPSA) is 104 Å². The summed E-state index contributed by atoms with van der Waals surface area (Å²) in [5.74, 6) is -0.306. The third-order valence-corrected chi connectivity index (χ3v) is 7.34. The molecule has 1 aliphatic rings. The number of fused-ring (bicyclic) bond motifs is 2. The Morgan fingerprint density at radius 3 is 2.81 bits per heavy atom. The van der Waals surface area contributed by atoms with Crippen molar-refractivity contribution >= 4 is 57.6 Å². The normalized spacial score (nSPS) is 18.7. The van der Waals surface area contributed by atoms with E-state index in [9.17, 15) is 9.59 Å². The largest absolute Gasteiger partial charge is 0.368 e. The first-order chi connectivity index (χ1) is 16.9. The summed E-state index contributed by atoms with van der Waals surface area (Å²) in [4.78, 5) is 34.6. The number of hydrogen-bond donors (Lipinski definition) is 3. The monoisotopic (exact) mass is 525 g/mol. The van der Waals surface area contributed by atoms with Crippen LogP contribution in [0.4, 0.5) is 0 Å². The number of nitrogens with zero attached hydrogens (tertiary/aromatic N) is 2. The minimum Gasteiger partial charge on any atom is -0.368 e. The molecule has 9 heteroatoms. The summed E-state index contributed by atoms with van der Waals surface area (Å²) in [5, 5.41) is 6.81. The van der Waals surface area contributed by atoms with Crippen LogP contribution in [0.15, 0.2) is 60.9 Å². The fraction of sp³-hybridized carbons (Fsp3) is 0.296. The van der Waals surface area contributed by atoms with Gasteiger partial charge in [-0.1, -0.05) is 54.1 Å². The zero-order valence-corrected chi connectivity index (χ0v) is 21.5. The molecule has 4 N–H and O–H groups in total. The van der Waals surface area contributed by atoms with Gasteiger partial charge in [-0.2, -0.15) is 0 Å². The van der Waals surface area contributed by atoms with Gasteiger partial charge >= 0.3 is 0 Å². The van der Waals surface area contributed by atoms with Crippen molar-refractivity contribution in [2.45, 2.75) is 38.4 Å². The number of carbonyl (C=O) groups is 2. The summed E-state index contributed by atoms with van der Waals surface area (Å²) in [6, 6.07) is 15.6. The second kappa shape index (κ2) is 10.9. The molecule has 4 aromatic rings. The number of primary amides is 1. The maximum absolute atomic E-state index is 13.0. The van der Waals surface area contributed by atoms with Gasteiger partial charge in [-0.3, -0.25) is 14.5 Å². The van der Waals surface area contributed by atoms with Gasteiger partial charge in [0.15, 0.2) is 0 Å². The summed E-state index contributed by atoms with van der Waals surface area (Å²) >= 11 is 6.18. The Balaban J connectivity index is 0.00000304. The number of H-pyrrole nitrogens is 1. The van der Waals surface area contributed by atoms with Crippen LogP contribution in [-0.2, 0) is 22.6 Å². The number of halogens is 2. The van der Waals surface area contributed by atoms with Crippen molar-refractivity contribution in [3.63, 3.8) is 0 Å². The summed E-state index contributed by atoms with van der Waals surface area (Å²) in [5.41, 5.74) is 8.56. The lowest BCUT2D eigenvalue weighted by Crippen LogP contribution is -2.51. The van der Waals surface area contributed by atoms with E-state index in [2.05, 4.69) is 45.6 Å². The Morgan fingerprint density at radius 2 is 2.00 bits per heavy atom. The minimum absolute atomic E-state index is 0. The predicted octanol–water partition coefficient (Wildman–Crippen LogP) is 4.21. The minimum atomic E-state index is -0.488. The summed E-state index contributed by atoms with van der Waals surface area (Å²) < 4.78 is 0. The molecule has 36 heavy (non-hydrogen) atoms. The number of nitrogens with two attached hydrogens (primary N) is 1. The molecule has 1 saturated heterocycles. The highest BCUT2D eigenvalue weighted by Gasteiger charge is 2.40. The SMILES string of the molecule is C[C@@H](C(=O)NCc1cnc2[nH]cc(Cl)c2c1)N1CC(Cc2cccc3ccccc23)CC1C(N)=O.Cl. The number of amides is 2. The van der Waals surface area contributed by atoms with Crippen molar-refractivity contribution in [1.82, 2.24) is 20.2 Å². The standard InChI is InChI=1S/C27H28ClN5O2.ClH/c1-16(27(35)32-13-18-10-22-23(28)14-31-26(22)30-12-18)33-15-17(11-24(33)25(29)34)9-20-7-4-6-19-5-2-3-8-21(19)20;/h2-8,10,12,14,16-17,24H,9,11,13,15H2,1H3,(H2,29,34)(H,30,31)(H,32,35);1H/t16-,17?,24?;/m0./s1. The van der Waals surface area contributed by atoms with Gasteiger partial charge in [0.25, 0.3) is 0 Å². The van der Waals surface area contributed by atoms with Gasteiger partial charge in [-0.25, -0.2) is 4.98 Å². The second-order valence-electron chi connectivity index (χ2n) is 9.33. The van der Waals surface area contributed by atoms with Crippen molar-refractivity contribution in [1.29, 1.82) is 0 Å². The van der Waals surface area contributed by atoms with Gasteiger partial charge < -0.3 is 16.0 Å². The van der Waals surface area contributed by atoms with Crippen molar-refractivity contribution in [2.75, 3.05) is 6.54 Å². The molecule has 1 fully saturated rings. The molecular weight excluding hydrogens is 497 g/mol. The van der Waals surface area contributed by atoms with Crippen LogP contribution in [0.5, 0.6) is 0 Å². The van der Waals surface area contributed by atoms with E-state index in [4.69, 9.17) is 17.3 Å². The van der Waals surface area contributed by atoms with Crippen LogP contribution in [0.2, 0.25) is 5.02 Å². The Kier molecular flexibility index (Phi) is 7.83. The average molecular weight is 526 g/mol. The lowest BCUT2D eigenvalue weighted by molar-refractivity contribution is -0.129. The Morgan fingerprint density at radius 1 is 1.22 bits per heavy atom. The summed E-state index contributed by atoms with van der Waals surface area (Å²) in [6.45, 7) is 2.79. The number of nitrogens with one attached hydrogen (secondary N) is 2. The molecule has 0 bridgehead atoms. The van der Waals surface area contributed by atoms with Crippen molar-refractivity contribution in [2.24, 2.45) is 11.7 Å². The first kappa shape index (κ1) is 25.9. The number of rotatable bonds is 7. The highest BCUT2D eigenvalue weighted by molar-refractivity contribution is 6.35. The number of pyridine rings is 1. The maximum Gasteiger partial charge on any atom is 0.237 e. The van der Waals surface area contributed by atoms with Gasteiger partial charge in [0.1, 0.15) is 5.65 Å². The number of aromatic nitrogens is 2. The van der Waals surface area contributed by atoms with E-state index >= 15 is 0 Å². The molecule has 2 unspecified atom stereocenters. The van der Waals surface area contributed by atoms with Crippen LogP contribution in [0.3, 0.4) is 0 Å². The maximum atomic E-state index is 13.0. The lowest BCUT2D eigenvalue weighted by Gasteiger charge is -2.28. The smallest absolute Gasteiger partial charge is 0.237 e. The van der Waals surface area contributed by atoms with Crippen LogP contribution < -0.4 is 11.1 Å². The number of benzene rings is 2. The first-order valence-corrected chi connectivity index (χ1v) is 12.2. The molecule has 5 rings (SSSR count). The molecule has 1 aliphatic heterocycles. The number of aromatic amines is 1. The highest BCUT2D eigenvalue weighted by Crippen LogP contribution is 2.30. The van der Waals surface area contributed by atoms with Gasteiger partial charge in [-0.05, 0) is 53.6 Å². The molecule has 0 radical (unpaired) electrons. The Bertz CT molecular complexity index is 1400. The van der Waals surface area contributed by atoms with E-state index in [1.54, 1.807) is 12.4 Å². The van der Waals surface area contributed by atoms with Crippen LogP contribution in [-0.4, -0.2) is 45.3 Å². The molecule has 0 saturated carbocycles. The fourth-order valence-corrected chi connectivity index (χ4v) is 5.39. The predicted molar refractivity (Wildman–Crippen MR) is 145 cm³/mol. The zero-order chi connectivity index (χ0) is 24.5. The van der Waals surface area contributed by atoms with Crippen LogP contribution in [0, 0.1) is 5.92 Å². The summed E-state index contributed by atoms with van der Waals surface area (Å²) in [7, 11) is 0. The van der Waals surface area contributed by atoms with Crippen molar-refractivity contribution in [3.8, 4) is 0 Å². The average Bonchev–Trinajstić information content (AvgIpc) is 3.46. The van der Waals surface area contributed by atoms with Crippen molar-refractivity contribution < 1.29 is 9.59 Å². The molecule has 7 nitrogen and oxygen atoms in total. The van der Waals surface area contributed by atoms with E-state index in [0.717, 1.165) is 17.4 Å². The molecule has 3 heterocycles. The van der Waals surface area contributed by atoms with Crippen LogP contribution in [0.1, 0.15) is 24.5 Å². The van der Waals surface area contributed by atoms with E-state index in [1.165, 1.54) is 16.3 Å². The molecule has 2 aromatic heterocycles. The lowest BCUT2D eigenvalue weighted by atomic mass is 9.93. The molecule has 188 valence electrons. The molecular formula is C27H29Cl2N5O2. The molecule has 2 aromatic carbocycles. The van der Waals surface area contributed by atoms with E-state index in [0.29, 0.717) is 30.2 Å². The Hall–Kier alpha value is -3.13. The second-order valence-corrected chi connectivity index (χ2v) is 9.74. The Labute approximate surface area is 220 Å². The first-order valence-electron chi connectivity index (χ1n) is 11.8. The van der Waals surface area contributed by atoms with Crippen LogP contribution in [0.25, 0.3) is 21.8 Å². The van der Waals surface area contributed by atoms with Crippen LogP contribution >= 0.6 is 24.0 Å². The fourth-order valence-electron chi connectivity index (χ4n) is 5.19. The third kappa shape index (κ3) is 5.19. The number of likely N-dealkylation sites (tertiary alicyclic amines) is 1. The van der Waals surface area contributed by atoms with Gasteiger partial charge in [0.05, 0.1) is 17.1 Å². The van der Waals surface area contributed by atoms with Gasteiger partial charge in [0, 0.05) is 30.9 Å². The molecule has 2 amide bonds.